The van der Waals surface area contributed by atoms with Crippen LogP contribution in [0.15, 0.2) is 18.2 Å². The van der Waals surface area contributed by atoms with Crippen molar-refractivity contribution in [1.82, 2.24) is 14.5 Å². The number of carbonyl (C=O) groups is 1. The number of carbonyl (C=O) groups excluding carboxylic acids is 1. The molecular weight excluding hydrogens is 444 g/mol. The molecular formula is C23H38N4O5S. The van der Waals surface area contributed by atoms with Crippen LogP contribution in [-0.4, -0.2) is 82.5 Å². The fourth-order valence-corrected chi connectivity index (χ4v) is 5.36. The van der Waals surface area contributed by atoms with Crippen LogP contribution in [0, 0.1) is 5.92 Å². The van der Waals surface area contributed by atoms with Crippen molar-refractivity contribution in [2.75, 3.05) is 52.3 Å². The number of benzene rings is 1. The SMILES string of the molecule is CCCCN(CCN)C(=O)CN1C[C@H](c2ccc3c(c2)OCO3)[C@@H](C)[C@@H]1CCNS(C)(=O)=O. The number of ether oxygens (including phenoxy) is 2. The summed E-state index contributed by atoms with van der Waals surface area (Å²) in [5, 5.41) is 0. The first-order valence-electron chi connectivity index (χ1n) is 11.8. The van der Waals surface area contributed by atoms with Crippen molar-refractivity contribution >= 4 is 15.9 Å². The third-order valence-corrected chi connectivity index (χ3v) is 7.37. The molecule has 9 nitrogen and oxygen atoms in total. The molecule has 2 aliphatic rings. The van der Waals surface area contributed by atoms with Gasteiger partial charge in [-0.2, -0.15) is 0 Å². The Balaban J connectivity index is 1.76. The van der Waals surface area contributed by atoms with Gasteiger partial charge in [-0.3, -0.25) is 9.69 Å². The third-order valence-electron chi connectivity index (χ3n) is 6.64. The van der Waals surface area contributed by atoms with Crippen LogP contribution >= 0.6 is 0 Å². The van der Waals surface area contributed by atoms with Crippen molar-refractivity contribution in [2.24, 2.45) is 11.7 Å². The van der Waals surface area contributed by atoms with Crippen molar-refractivity contribution in [2.45, 2.75) is 45.1 Å². The number of amides is 1. The summed E-state index contributed by atoms with van der Waals surface area (Å²) in [7, 11) is -3.27. The number of sulfonamides is 1. The van der Waals surface area contributed by atoms with Gasteiger partial charge in [-0.1, -0.05) is 26.3 Å². The average Bonchev–Trinajstić information content (AvgIpc) is 3.35. The number of hydrogen-bond acceptors (Lipinski definition) is 7. The summed E-state index contributed by atoms with van der Waals surface area (Å²) in [4.78, 5) is 17.2. The van der Waals surface area contributed by atoms with Gasteiger partial charge in [0.25, 0.3) is 0 Å². The first-order valence-corrected chi connectivity index (χ1v) is 13.7. The molecule has 1 aromatic carbocycles. The number of rotatable bonds is 12. The lowest BCUT2D eigenvalue weighted by Crippen LogP contribution is -2.45. The molecule has 0 unspecified atom stereocenters. The Morgan fingerprint density at radius 3 is 2.73 bits per heavy atom. The molecule has 10 heteroatoms. The fraction of sp³-hybridized carbons (Fsp3) is 0.696. The van der Waals surface area contributed by atoms with Crippen LogP contribution < -0.4 is 19.9 Å². The summed E-state index contributed by atoms with van der Waals surface area (Å²) in [6, 6.07) is 6.10. The highest BCUT2D eigenvalue weighted by atomic mass is 32.2. The van der Waals surface area contributed by atoms with E-state index >= 15 is 0 Å². The number of likely N-dealkylation sites (tertiary alicyclic amines) is 1. The number of unbranched alkanes of at least 4 members (excludes halogenated alkanes) is 1. The summed E-state index contributed by atoms with van der Waals surface area (Å²) in [6.45, 7) is 7.58. The minimum Gasteiger partial charge on any atom is -0.454 e. The number of nitrogens with one attached hydrogen (secondary N) is 1. The van der Waals surface area contributed by atoms with Gasteiger partial charge in [0.2, 0.25) is 22.7 Å². The molecule has 0 radical (unpaired) electrons. The van der Waals surface area contributed by atoms with Gasteiger partial charge in [-0.25, -0.2) is 13.1 Å². The lowest BCUT2D eigenvalue weighted by Gasteiger charge is -2.29. The van der Waals surface area contributed by atoms with E-state index in [2.05, 4.69) is 29.5 Å². The van der Waals surface area contributed by atoms with Gasteiger partial charge in [0.1, 0.15) is 0 Å². The van der Waals surface area contributed by atoms with Gasteiger partial charge in [-0.15, -0.1) is 0 Å². The zero-order valence-corrected chi connectivity index (χ0v) is 20.8. The highest BCUT2D eigenvalue weighted by Crippen LogP contribution is 2.42. The highest BCUT2D eigenvalue weighted by Gasteiger charge is 2.40. The molecule has 2 aliphatic heterocycles. The maximum atomic E-state index is 13.2. The third kappa shape index (κ3) is 6.81. The second-order valence-electron chi connectivity index (χ2n) is 9.05. The molecule has 2 heterocycles. The van der Waals surface area contributed by atoms with Gasteiger partial charge in [-0.05, 0) is 36.5 Å². The van der Waals surface area contributed by atoms with Crippen LogP contribution in [0.4, 0.5) is 0 Å². The summed E-state index contributed by atoms with van der Waals surface area (Å²) in [5.41, 5.74) is 6.90. The highest BCUT2D eigenvalue weighted by molar-refractivity contribution is 7.88. The Kier molecular flexibility index (Phi) is 8.97. The molecule has 0 bridgehead atoms. The molecule has 0 aliphatic carbocycles. The number of hydrogen-bond donors (Lipinski definition) is 2. The molecule has 3 atom stereocenters. The van der Waals surface area contributed by atoms with Crippen LogP contribution in [0.3, 0.4) is 0 Å². The number of fused-ring (bicyclic) bond motifs is 1. The lowest BCUT2D eigenvalue weighted by atomic mass is 9.85. The second kappa shape index (κ2) is 11.5. The van der Waals surface area contributed by atoms with Crippen LogP contribution in [0.25, 0.3) is 0 Å². The standard InChI is InChI=1S/C23H38N4O5S/c1-4-5-11-26(12-9-24)23(28)15-27-14-19(17(2)20(27)8-10-25-33(3,29)30)18-6-7-21-22(13-18)32-16-31-21/h6-7,13,17,19-20,25H,4-5,8-12,14-16,24H2,1-3H3/t17-,19+,20+/m1/s1. The fourth-order valence-electron chi connectivity index (χ4n) is 4.87. The zero-order valence-electron chi connectivity index (χ0n) is 20.0. The van der Waals surface area contributed by atoms with Crippen LogP contribution in [0.2, 0.25) is 0 Å². The van der Waals surface area contributed by atoms with Crippen LogP contribution in [0.1, 0.15) is 44.6 Å². The zero-order chi connectivity index (χ0) is 24.0. The quantitative estimate of drug-likeness (QED) is 0.462. The van der Waals surface area contributed by atoms with E-state index in [1.54, 1.807) is 0 Å². The Morgan fingerprint density at radius 1 is 1.27 bits per heavy atom. The smallest absolute Gasteiger partial charge is 0.236 e. The van der Waals surface area contributed by atoms with E-state index in [4.69, 9.17) is 15.2 Å². The molecule has 3 N–H and O–H groups in total. The molecule has 0 aromatic heterocycles. The normalized spacial score (nSPS) is 22.6. The maximum Gasteiger partial charge on any atom is 0.236 e. The van der Waals surface area contributed by atoms with E-state index in [1.165, 1.54) is 6.26 Å². The Bertz CT molecular complexity index is 910. The van der Waals surface area contributed by atoms with E-state index in [9.17, 15) is 13.2 Å². The Labute approximate surface area is 197 Å². The van der Waals surface area contributed by atoms with E-state index in [0.717, 1.165) is 36.4 Å². The van der Waals surface area contributed by atoms with Crippen molar-refractivity contribution in [3.05, 3.63) is 23.8 Å². The molecule has 33 heavy (non-hydrogen) atoms. The summed E-state index contributed by atoms with van der Waals surface area (Å²) in [6.07, 6.45) is 3.76. The number of nitrogens with two attached hydrogens (primary N) is 1. The summed E-state index contributed by atoms with van der Waals surface area (Å²) < 4.78 is 36.8. The van der Waals surface area contributed by atoms with E-state index < -0.39 is 10.0 Å². The molecule has 1 amide bonds. The van der Waals surface area contributed by atoms with Gasteiger partial charge in [0.05, 0.1) is 12.8 Å². The predicted molar refractivity (Wildman–Crippen MR) is 128 cm³/mol. The first-order chi connectivity index (χ1) is 15.7. The van der Waals surface area contributed by atoms with Gasteiger partial charge < -0.3 is 20.1 Å². The van der Waals surface area contributed by atoms with Gasteiger partial charge in [0, 0.05) is 44.7 Å². The summed E-state index contributed by atoms with van der Waals surface area (Å²) in [5.74, 6) is 2.01. The molecule has 0 saturated carbocycles. The predicted octanol–water partition coefficient (Wildman–Crippen LogP) is 1.35. The topological polar surface area (TPSA) is 114 Å². The van der Waals surface area contributed by atoms with Crippen molar-refractivity contribution in [1.29, 1.82) is 0 Å². The average molecular weight is 483 g/mol. The second-order valence-corrected chi connectivity index (χ2v) is 10.9. The van der Waals surface area contributed by atoms with E-state index in [1.807, 2.05) is 17.0 Å². The largest absolute Gasteiger partial charge is 0.454 e. The Morgan fingerprint density at radius 2 is 2.03 bits per heavy atom. The van der Waals surface area contributed by atoms with E-state index in [-0.39, 0.29) is 30.6 Å². The summed E-state index contributed by atoms with van der Waals surface area (Å²) >= 11 is 0. The van der Waals surface area contributed by atoms with Crippen LogP contribution in [0.5, 0.6) is 11.5 Å². The molecule has 1 fully saturated rings. The molecule has 0 spiro atoms. The monoisotopic (exact) mass is 482 g/mol. The number of nitrogens with zero attached hydrogens (tertiary/aromatic N) is 2. The molecule has 186 valence electrons. The first kappa shape index (κ1) is 25.7. The minimum absolute atomic E-state index is 0.0736. The van der Waals surface area contributed by atoms with E-state index in [0.29, 0.717) is 39.1 Å². The van der Waals surface area contributed by atoms with Gasteiger partial charge in [0.15, 0.2) is 11.5 Å². The lowest BCUT2D eigenvalue weighted by molar-refractivity contribution is -0.132. The van der Waals surface area contributed by atoms with Crippen molar-refractivity contribution < 1.29 is 22.7 Å². The van der Waals surface area contributed by atoms with Crippen molar-refractivity contribution in [3.63, 3.8) is 0 Å². The minimum atomic E-state index is -3.27. The van der Waals surface area contributed by atoms with Gasteiger partial charge >= 0.3 is 0 Å². The maximum absolute atomic E-state index is 13.2. The Hall–Kier alpha value is -1.88. The molecule has 1 saturated heterocycles. The molecule has 3 rings (SSSR count). The molecule has 1 aromatic rings. The van der Waals surface area contributed by atoms with Crippen molar-refractivity contribution in [3.8, 4) is 11.5 Å². The van der Waals surface area contributed by atoms with Crippen LogP contribution in [-0.2, 0) is 14.8 Å².